The third kappa shape index (κ3) is 3.11. The molecule has 0 aromatic rings. The molecule has 1 saturated heterocycles. The second-order valence-electron chi connectivity index (χ2n) is 6.99. The van der Waals surface area contributed by atoms with Crippen molar-refractivity contribution in [3.05, 3.63) is 0 Å². The van der Waals surface area contributed by atoms with Gasteiger partial charge in [0.2, 0.25) is 5.91 Å². The Balaban J connectivity index is 2.08. The van der Waals surface area contributed by atoms with Crippen LogP contribution in [0, 0.1) is 11.3 Å². The van der Waals surface area contributed by atoms with Gasteiger partial charge in [-0.05, 0) is 51.4 Å². The van der Waals surface area contributed by atoms with E-state index in [9.17, 15) is 9.90 Å². The summed E-state index contributed by atoms with van der Waals surface area (Å²) in [6.07, 6.45) is 5.66. The van der Waals surface area contributed by atoms with Gasteiger partial charge in [0.25, 0.3) is 0 Å². The normalized spacial score (nSPS) is 40.2. The topological polar surface area (TPSA) is 66.6 Å². The van der Waals surface area contributed by atoms with Crippen LogP contribution in [0.25, 0.3) is 0 Å². The highest BCUT2D eigenvalue weighted by Crippen LogP contribution is 2.40. The van der Waals surface area contributed by atoms with Gasteiger partial charge >= 0.3 is 0 Å². The minimum absolute atomic E-state index is 0.182. The van der Waals surface area contributed by atoms with Crippen molar-refractivity contribution in [1.82, 2.24) is 4.90 Å². The van der Waals surface area contributed by atoms with Crippen LogP contribution in [0.1, 0.15) is 52.4 Å². The van der Waals surface area contributed by atoms with Crippen LogP contribution in [-0.4, -0.2) is 41.1 Å². The van der Waals surface area contributed by atoms with Gasteiger partial charge in [-0.3, -0.25) is 4.79 Å². The first-order valence-corrected chi connectivity index (χ1v) is 7.60. The maximum Gasteiger partial charge on any atom is 0.230 e. The van der Waals surface area contributed by atoms with E-state index in [1.807, 2.05) is 11.8 Å². The molecule has 1 unspecified atom stereocenters. The molecule has 19 heavy (non-hydrogen) atoms. The summed E-state index contributed by atoms with van der Waals surface area (Å²) in [5.41, 5.74) is 4.86. The van der Waals surface area contributed by atoms with Gasteiger partial charge in [-0.15, -0.1) is 0 Å². The molecule has 4 nitrogen and oxygen atoms in total. The molecule has 0 aromatic carbocycles. The molecular formula is C15H28N2O2. The van der Waals surface area contributed by atoms with Crippen molar-refractivity contribution >= 4 is 5.91 Å². The number of likely N-dealkylation sites (tertiary alicyclic amines) is 1. The van der Waals surface area contributed by atoms with E-state index in [0.29, 0.717) is 19.0 Å². The van der Waals surface area contributed by atoms with Crippen LogP contribution >= 0.6 is 0 Å². The summed E-state index contributed by atoms with van der Waals surface area (Å²) in [5.74, 6) is 0.888. The second kappa shape index (κ2) is 5.41. The zero-order valence-electron chi connectivity index (χ0n) is 12.3. The number of amides is 1. The molecule has 2 rings (SSSR count). The molecule has 1 saturated carbocycles. The van der Waals surface area contributed by atoms with Crippen LogP contribution in [0.5, 0.6) is 0 Å². The lowest BCUT2D eigenvalue weighted by molar-refractivity contribution is -0.150. The van der Waals surface area contributed by atoms with Crippen molar-refractivity contribution < 1.29 is 9.90 Å². The molecule has 3 N–H and O–H groups in total. The molecule has 1 aliphatic carbocycles. The van der Waals surface area contributed by atoms with E-state index in [2.05, 4.69) is 6.92 Å². The zero-order valence-corrected chi connectivity index (χ0v) is 12.3. The molecule has 2 aliphatic rings. The highest BCUT2D eigenvalue weighted by atomic mass is 16.3. The molecule has 4 heteroatoms. The Labute approximate surface area is 116 Å². The lowest BCUT2D eigenvalue weighted by atomic mass is 9.69. The van der Waals surface area contributed by atoms with Crippen molar-refractivity contribution in [1.29, 1.82) is 0 Å². The van der Waals surface area contributed by atoms with Gasteiger partial charge in [0.1, 0.15) is 0 Å². The highest BCUT2D eigenvalue weighted by molar-refractivity contribution is 5.83. The third-order valence-electron chi connectivity index (χ3n) is 5.04. The van der Waals surface area contributed by atoms with Crippen LogP contribution in [0.2, 0.25) is 0 Å². The lowest BCUT2D eigenvalue weighted by Crippen LogP contribution is -2.55. The van der Waals surface area contributed by atoms with Crippen molar-refractivity contribution in [2.75, 3.05) is 19.6 Å². The fraction of sp³-hybridized carbons (Fsp3) is 0.933. The first-order valence-electron chi connectivity index (χ1n) is 7.60. The number of aliphatic hydroxyl groups is 1. The molecule has 0 radical (unpaired) electrons. The Morgan fingerprint density at radius 3 is 2.53 bits per heavy atom. The SMILES string of the molecule is CC1CCC(CN)(C(=O)N2CCCC(C)(O)C2)CC1. The number of carbonyl (C=O) groups excluding carboxylic acids is 1. The average Bonchev–Trinajstić information content (AvgIpc) is 2.38. The number of piperidine rings is 1. The summed E-state index contributed by atoms with van der Waals surface area (Å²) in [7, 11) is 0. The molecule has 1 amide bonds. The van der Waals surface area contributed by atoms with Gasteiger partial charge in [-0.2, -0.15) is 0 Å². The van der Waals surface area contributed by atoms with Crippen LogP contribution in [-0.2, 0) is 4.79 Å². The van der Waals surface area contributed by atoms with E-state index >= 15 is 0 Å². The Hall–Kier alpha value is -0.610. The van der Waals surface area contributed by atoms with E-state index in [-0.39, 0.29) is 11.3 Å². The van der Waals surface area contributed by atoms with Gasteiger partial charge in [0, 0.05) is 19.6 Å². The monoisotopic (exact) mass is 268 g/mol. The fourth-order valence-electron chi connectivity index (χ4n) is 3.55. The molecule has 1 aliphatic heterocycles. The highest BCUT2D eigenvalue weighted by Gasteiger charge is 2.44. The number of rotatable bonds is 2. The van der Waals surface area contributed by atoms with Crippen LogP contribution in [0.15, 0.2) is 0 Å². The van der Waals surface area contributed by atoms with Gasteiger partial charge in [-0.25, -0.2) is 0 Å². The number of hydrogen-bond acceptors (Lipinski definition) is 3. The Kier molecular flexibility index (Phi) is 4.21. The van der Waals surface area contributed by atoms with E-state index in [4.69, 9.17) is 5.73 Å². The number of nitrogens with zero attached hydrogens (tertiary/aromatic N) is 1. The maximum atomic E-state index is 12.8. The summed E-state index contributed by atoms with van der Waals surface area (Å²) in [4.78, 5) is 14.7. The molecule has 1 heterocycles. The predicted molar refractivity (Wildman–Crippen MR) is 75.6 cm³/mol. The summed E-state index contributed by atoms with van der Waals surface area (Å²) < 4.78 is 0. The maximum absolute atomic E-state index is 12.8. The Morgan fingerprint density at radius 2 is 2.00 bits per heavy atom. The number of hydrogen-bond donors (Lipinski definition) is 2. The number of nitrogens with two attached hydrogens (primary N) is 1. The molecule has 1 atom stereocenters. The third-order valence-corrected chi connectivity index (χ3v) is 5.04. The van der Waals surface area contributed by atoms with E-state index in [0.717, 1.165) is 45.1 Å². The largest absolute Gasteiger partial charge is 0.388 e. The Morgan fingerprint density at radius 1 is 1.37 bits per heavy atom. The van der Waals surface area contributed by atoms with Crippen molar-refractivity contribution in [3.8, 4) is 0 Å². The van der Waals surface area contributed by atoms with Gasteiger partial charge in [0.15, 0.2) is 0 Å². The van der Waals surface area contributed by atoms with Crippen molar-refractivity contribution in [2.45, 2.75) is 58.0 Å². The van der Waals surface area contributed by atoms with E-state index in [1.165, 1.54) is 0 Å². The zero-order chi connectivity index (χ0) is 14.1. The van der Waals surface area contributed by atoms with E-state index in [1.54, 1.807) is 0 Å². The molecule has 0 aromatic heterocycles. The van der Waals surface area contributed by atoms with Crippen LogP contribution in [0.3, 0.4) is 0 Å². The second-order valence-corrected chi connectivity index (χ2v) is 6.99. The molecule has 0 spiro atoms. The first-order chi connectivity index (χ1) is 8.88. The van der Waals surface area contributed by atoms with Gasteiger partial charge in [0.05, 0.1) is 11.0 Å². The molecule has 2 fully saturated rings. The number of carbonyl (C=O) groups is 1. The summed E-state index contributed by atoms with van der Waals surface area (Å²) in [5, 5.41) is 10.2. The van der Waals surface area contributed by atoms with Gasteiger partial charge < -0.3 is 15.7 Å². The lowest BCUT2D eigenvalue weighted by Gasteiger charge is -2.44. The smallest absolute Gasteiger partial charge is 0.230 e. The average molecular weight is 268 g/mol. The summed E-state index contributed by atoms with van der Waals surface area (Å²) in [6, 6.07) is 0. The standard InChI is InChI=1S/C15H28N2O2/c1-12-4-7-15(10-16,8-5-12)13(18)17-9-3-6-14(2,19)11-17/h12,19H,3-11,16H2,1-2H3. The minimum Gasteiger partial charge on any atom is -0.388 e. The van der Waals surface area contributed by atoms with Gasteiger partial charge in [-0.1, -0.05) is 6.92 Å². The summed E-state index contributed by atoms with van der Waals surface area (Å²) in [6.45, 7) is 5.74. The minimum atomic E-state index is -0.730. The number of β-amino-alcohol motifs (C(OH)–C–C–N with tert-alkyl or cyclic N) is 1. The quantitative estimate of drug-likeness (QED) is 0.798. The molecular weight excluding hydrogens is 240 g/mol. The van der Waals surface area contributed by atoms with E-state index < -0.39 is 5.60 Å². The van der Waals surface area contributed by atoms with Crippen molar-refractivity contribution in [2.24, 2.45) is 17.1 Å². The summed E-state index contributed by atoms with van der Waals surface area (Å²) >= 11 is 0. The Bertz CT molecular complexity index is 333. The first kappa shape index (κ1) is 14.8. The molecule has 110 valence electrons. The molecule has 0 bridgehead atoms. The predicted octanol–water partition coefficient (Wildman–Crippen LogP) is 1.52. The van der Waals surface area contributed by atoms with Crippen molar-refractivity contribution in [3.63, 3.8) is 0 Å². The fourth-order valence-corrected chi connectivity index (χ4v) is 3.55. The van der Waals surface area contributed by atoms with Crippen LogP contribution < -0.4 is 5.73 Å². The van der Waals surface area contributed by atoms with Crippen LogP contribution in [0.4, 0.5) is 0 Å².